The Morgan fingerprint density at radius 3 is 2.44 bits per heavy atom. The van der Waals surface area contributed by atoms with Crippen LogP contribution in [0.15, 0.2) is 54.9 Å². The topological polar surface area (TPSA) is 53.5 Å². The molecule has 2 amide bonds. The maximum absolute atomic E-state index is 12.6. The van der Waals surface area contributed by atoms with Crippen LogP contribution in [-0.4, -0.2) is 52.8 Å². The molecular formula is C20H23N3O2. The zero-order valence-corrected chi connectivity index (χ0v) is 14.3. The Bertz CT molecular complexity index is 703. The summed E-state index contributed by atoms with van der Waals surface area (Å²) in [6.45, 7) is 2.60. The van der Waals surface area contributed by atoms with Gasteiger partial charge in [0.25, 0.3) is 5.91 Å². The molecule has 3 rings (SSSR count). The van der Waals surface area contributed by atoms with Gasteiger partial charge in [0.05, 0.1) is 0 Å². The predicted molar refractivity (Wildman–Crippen MR) is 96.1 cm³/mol. The van der Waals surface area contributed by atoms with Crippen molar-refractivity contribution in [1.29, 1.82) is 0 Å². The molecule has 1 aliphatic rings. The molecule has 5 nitrogen and oxygen atoms in total. The standard InChI is InChI=1S/C20H23N3O2/c24-19(10-9-17-6-4-11-21-16-17)22-12-5-13-23(15-14-22)20(25)18-7-2-1-3-8-18/h1-4,6-8,11,16H,5,9-10,12-15H2. The lowest BCUT2D eigenvalue weighted by atomic mass is 10.1. The number of carbonyl (C=O) groups excluding carboxylic acids is 2. The first kappa shape index (κ1) is 17.1. The van der Waals surface area contributed by atoms with Gasteiger partial charge in [-0.3, -0.25) is 14.6 Å². The number of nitrogens with zero attached hydrogens (tertiary/aromatic N) is 3. The normalized spacial score (nSPS) is 14.9. The molecule has 2 heterocycles. The Morgan fingerprint density at radius 1 is 0.920 bits per heavy atom. The van der Waals surface area contributed by atoms with Crippen LogP contribution in [0.25, 0.3) is 0 Å². The number of carbonyl (C=O) groups is 2. The number of rotatable bonds is 4. The van der Waals surface area contributed by atoms with E-state index >= 15 is 0 Å². The highest BCUT2D eigenvalue weighted by atomic mass is 16.2. The summed E-state index contributed by atoms with van der Waals surface area (Å²) in [4.78, 5) is 32.8. The Morgan fingerprint density at radius 2 is 1.68 bits per heavy atom. The van der Waals surface area contributed by atoms with E-state index in [1.54, 1.807) is 12.4 Å². The smallest absolute Gasteiger partial charge is 0.253 e. The molecule has 1 aliphatic heterocycles. The minimum absolute atomic E-state index is 0.0465. The van der Waals surface area contributed by atoms with Crippen LogP contribution in [0.1, 0.15) is 28.8 Å². The molecule has 1 aromatic heterocycles. The van der Waals surface area contributed by atoms with E-state index in [1.807, 2.05) is 52.3 Å². The fraction of sp³-hybridized carbons (Fsp3) is 0.350. The largest absolute Gasteiger partial charge is 0.341 e. The number of aryl methyl sites for hydroxylation is 1. The van der Waals surface area contributed by atoms with Gasteiger partial charge in [0.15, 0.2) is 0 Å². The number of pyridine rings is 1. The quantitative estimate of drug-likeness (QED) is 0.861. The van der Waals surface area contributed by atoms with Crippen molar-refractivity contribution in [3.05, 3.63) is 66.0 Å². The number of amides is 2. The highest BCUT2D eigenvalue weighted by Crippen LogP contribution is 2.11. The maximum Gasteiger partial charge on any atom is 0.253 e. The van der Waals surface area contributed by atoms with Gasteiger partial charge in [-0.25, -0.2) is 0 Å². The molecule has 1 fully saturated rings. The highest BCUT2D eigenvalue weighted by Gasteiger charge is 2.22. The van der Waals surface area contributed by atoms with Crippen LogP contribution < -0.4 is 0 Å². The van der Waals surface area contributed by atoms with Gasteiger partial charge in [-0.05, 0) is 36.6 Å². The van der Waals surface area contributed by atoms with E-state index in [1.165, 1.54) is 0 Å². The van der Waals surface area contributed by atoms with Crippen molar-refractivity contribution in [2.45, 2.75) is 19.3 Å². The van der Waals surface area contributed by atoms with E-state index in [0.717, 1.165) is 12.0 Å². The highest BCUT2D eigenvalue weighted by molar-refractivity contribution is 5.94. The molecule has 0 radical (unpaired) electrons. The lowest BCUT2D eigenvalue weighted by Gasteiger charge is -2.22. The minimum Gasteiger partial charge on any atom is -0.341 e. The molecule has 0 bridgehead atoms. The van der Waals surface area contributed by atoms with Gasteiger partial charge in [0, 0.05) is 50.6 Å². The van der Waals surface area contributed by atoms with Gasteiger partial charge in [0.2, 0.25) is 5.91 Å². The molecular weight excluding hydrogens is 314 g/mol. The van der Waals surface area contributed by atoms with Crippen molar-refractivity contribution < 1.29 is 9.59 Å². The first-order valence-electron chi connectivity index (χ1n) is 8.75. The Labute approximate surface area is 148 Å². The second-order valence-corrected chi connectivity index (χ2v) is 6.25. The van der Waals surface area contributed by atoms with Crippen LogP contribution in [0.3, 0.4) is 0 Å². The number of aromatic nitrogens is 1. The van der Waals surface area contributed by atoms with E-state index in [4.69, 9.17) is 0 Å². The van der Waals surface area contributed by atoms with Gasteiger partial charge >= 0.3 is 0 Å². The number of hydrogen-bond acceptors (Lipinski definition) is 3. The first-order chi connectivity index (χ1) is 12.2. The molecule has 25 heavy (non-hydrogen) atoms. The Kier molecular flexibility index (Phi) is 5.77. The summed E-state index contributed by atoms with van der Waals surface area (Å²) in [7, 11) is 0. The average molecular weight is 337 g/mol. The molecule has 0 N–H and O–H groups in total. The summed E-state index contributed by atoms with van der Waals surface area (Å²) in [5.41, 5.74) is 1.78. The number of hydrogen-bond donors (Lipinski definition) is 0. The Balaban J connectivity index is 1.52. The summed E-state index contributed by atoms with van der Waals surface area (Å²) in [5.74, 6) is 0.197. The number of benzene rings is 1. The van der Waals surface area contributed by atoms with E-state index in [2.05, 4.69) is 4.98 Å². The van der Waals surface area contributed by atoms with Crippen molar-refractivity contribution >= 4 is 11.8 Å². The molecule has 1 saturated heterocycles. The third-order valence-corrected chi connectivity index (χ3v) is 4.51. The summed E-state index contributed by atoms with van der Waals surface area (Å²) in [6, 6.07) is 13.2. The van der Waals surface area contributed by atoms with E-state index < -0.39 is 0 Å². The van der Waals surface area contributed by atoms with Crippen molar-refractivity contribution in [2.24, 2.45) is 0 Å². The van der Waals surface area contributed by atoms with Crippen molar-refractivity contribution in [3.63, 3.8) is 0 Å². The van der Waals surface area contributed by atoms with E-state index in [0.29, 0.717) is 44.6 Å². The SMILES string of the molecule is O=C(CCc1cccnc1)N1CCCN(C(=O)c2ccccc2)CC1. The third-order valence-electron chi connectivity index (χ3n) is 4.51. The van der Waals surface area contributed by atoms with Gasteiger partial charge in [-0.1, -0.05) is 24.3 Å². The molecule has 130 valence electrons. The zero-order valence-electron chi connectivity index (χ0n) is 14.3. The molecule has 0 aliphatic carbocycles. The van der Waals surface area contributed by atoms with Gasteiger partial charge in [-0.2, -0.15) is 0 Å². The summed E-state index contributed by atoms with van der Waals surface area (Å²) in [6.07, 6.45) is 5.54. The second-order valence-electron chi connectivity index (χ2n) is 6.25. The molecule has 1 aromatic carbocycles. The predicted octanol–water partition coefficient (Wildman–Crippen LogP) is 2.39. The summed E-state index contributed by atoms with van der Waals surface area (Å²) in [5, 5.41) is 0. The van der Waals surface area contributed by atoms with Crippen LogP contribution >= 0.6 is 0 Å². The van der Waals surface area contributed by atoms with Crippen LogP contribution in [0.2, 0.25) is 0 Å². The lowest BCUT2D eigenvalue weighted by molar-refractivity contribution is -0.131. The monoisotopic (exact) mass is 337 g/mol. The van der Waals surface area contributed by atoms with Crippen LogP contribution in [0.5, 0.6) is 0 Å². The maximum atomic E-state index is 12.6. The Hall–Kier alpha value is -2.69. The average Bonchev–Trinajstić information content (AvgIpc) is 2.93. The van der Waals surface area contributed by atoms with Crippen LogP contribution in [-0.2, 0) is 11.2 Å². The van der Waals surface area contributed by atoms with Gasteiger partial charge in [0.1, 0.15) is 0 Å². The summed E-state index contributed by atoms with van der Waals surface area (Å²) < 4.78 is 0. The molecule has 5 heteroatoms. The van der Waals surface area contributed by atoms with Crippen LogP contribution in [0.4, 0.5) is 0 Å². The minimum atomic E-state index is 0.0465. The summed E-state index contributed by atoms with van der Waals surface area (Å²) >= 11 is 0. The lowest BCUT2D eigenvalue weighted by Crippen LogP contribution is -2.37. The van der Waals surface area contributed by atoms with Gasteiger partial charge < -0.3 is 9.80 Å². The molecule has 0 spiro atoms. The van der Waals surface area contributed by atoms with Crippen molar-refractivity contribution in [3.8, 4) is 0 Å². The van der Waals surface area contributed by atoms with E-state index in [-0.39, 0.29) is 11.8 Å². The van der Waals surface area contributed by atoms with Crippen LogP contribution in [0, 0.1) is 0 Å². The second kappa shape index (κ2) is 8.42. The van der Waals surface area contributed by atoms with Gasteiger partial charge in [-0.15, -0.1) is 0 Å². The molecule has 0 atom stereocenters. The van der Waals surface area contributed by atoms with Crippen molar-refractivity contribution in [1.82, 2.24) is 14.8 Å². The fourth-order valence-corrected chi connectivity index (χ4v) is 3.09. The molecule has 0 unspecified atom stereocenters. The third kappa shape index (κ3) is 4.66. The first-order valence-corrected chi connectivity index (χ1v) is 8.75. The fourth-order valence-electron chi connectivity index (χ4n) is 3.09. The van der Waals surface area contributed by atoms with Crippen molar-refractivity contribution in [2.75, 3.05) is 26.2 Å². The van der Waals surface area contributed by atoms with E-state index in [9.17, 15) is 9.59 Å². The zero-order chi connectivity index (χ0) is 17.5. The molecule has 0 saturated carbocycles. The molecule has 2 aromatic rings.